The first-order chi connectivity index (χ1) is 14.6. The van der Waals surface area contributed by atoms with Gasteiger partial charge in [0.25, 0.3) is 0 Å². The zero-order valence-electron chi connectivity index (χ0n) is 18.2. The van der Waals surface area contributed by atoms with Crippen LogP contribution in [0.15, 0.2) is 12.7 Å². The van der Waals surface area contributed by atoms with Crippen molar-refractivity contribution in [3.8, 4) is 0 Å². The van der Waals surface area contributed by atoms with Crippen LogP contribution < -0.4 is 5.73 Å². The molecule has 1 unspecified atom stereocenters. The van der Waals surface area contributed by atoms with Gasteiger partial charge in [-0.25, -0.2) is 15.0 Å². The minimum atomic E-state index is -1.85. The van der Waals surface area contributed by atoms with E-state index in [-0.39, 0.29) is 5.82 Å². The van der Waals surface area contributed by atoms with Crippen molar-refractivity contribution in [1.29, 1.82) is 0 Å². The molecule has 0 aromatic carbocycles. The first kappa shape index (κ1) is 22.1. The molecule has 2 aromatic rings. The van der Waals surface area contributed by atoms with Crippen molar-refractivity contribution in [2.75, 3.05) is 5.73 Å². The van der Waals surface area contributed by atoms with Crippen molar-refractivity contribution in [3.05, 3.63) is 12.7 Å². The summed E-state index contributed by atoms with van der Waals surface area (Å²) < 4.78 is 7.35. The van der Waals surface area contributed by atoms with Crippen LogP contribution in [-0.2, 0) is 9.53 Å². The molecular formula is C21H31N5O5. The summed E-state index contributed by atoms with van der Waals surface area (Å²) in [6.45, 7) is 5.46. The predicted molar refractivity (Wildman–Crippen MR) is 112 cm³/mol. The molecule has 0 spiro atoms. The van der Waals surface area contributed by atoms with Crippen LogP contribution >= 0.6 is 0 Å². The van der Waals surface area contributed by atoms with Gasteiger partial charge >= 0.3 is 0 Å². The van der Waals surface area contributed by atoms with Gasteiger partial charge in [-0.3, -0.25) is 9.36 Å². The average Bonchev–Trinajstić information content (AvgIpc) is 3.11. The van der Waals surface area contributed by atoms with Crippen molar-refractivity contribution in [3.63, 3.8) is 0 Å². The number of hydrogen-bond donors (Lipinski definition) is 4. The number of aliphatic hydroxyl groups is 3. The molecule has 10 heteroatoms. The summed E-state index contributed by atoms with van der Waals surface area (Å²) in [7, 11) is 0. The first-order valence-electron chi connectivity index (χ1n) is 10.9. The van der Waals surface area contributed by atoms with Crippen molar-refractivity contribution in [1.82, 2.24) is 19.5 Å². The van der Waals surface area contributed by atoms with E-state index in [1.54, 1.807) is 13.8 Å². The predicted octanol–water partition coefficient (Wildman–Crippen LogP) is 1.10. The third-order valence-corrected chi connectivity index (χ3v) is 7.23. The number of carbonyl (C=O) groups excluding carboxylic acids is 1. The van der Waals surface area contributed by atoms with Crippen molar-refractivity contribution < 1.29 is 24.9 Å². The van der Waals surface area contributed by atoms with Gasteiger partial charge in [0.05, 0.1) is 6.33 Å². The number of imidazole rings is 1. The van der Waals surface area contributed by atoms with Gasteiger partial charge in [0.15, 0.2) is 29.6 Å². The second-order valence-electron chi connectivity index (χ2n) is 9.23. The summed E-state index contributed by atoms with van der Waals surface area (Å²) in [4.78, 5) is 25.3. The Morgan fingerprint density at radius 2 is 1.90 bits per heavy atom. The van der Waals surface area contributed by atoms with Gasteiger partial charge in [-0.1, -0.05) is 52.9 Å². The number of ether oxygens (including phenoxy) is 1. The van der Waals surface area contributed by atoms with E-state index < -0.39 is 40.8 Å². The Morgan fingerprint density at radius 3 is 2.61 bits per heavy atom. The smallest absolute Gasteiger partial charge is 0.193 e. The molecule has 5 atom stereocenters. The molecule has 0 amide bonds. The number of rotatable bonds is 9. The second-order valence-corrected chi connectivity index (χ2v) is 9.23. The normalized spacial score (nSPS) is 32.2. The fourth-order valence-corrected chi connectivity index (χ4v) is 5.09. The Hall–Kier alpha value is -2.14. The Labute approximate surface area is 180 Å². The fraction of sp³-hybridized carbons (Fsp3) is 0.714. The van der Waals surface area contributed by atoms with E-state index in [1.807, 2.05) is 0 Å². The number of carbonyl (C=O) groups is 1. The van der Waals surface area contributed by atoms with E-state index in [0.717, 1.165) is 25.7 Å². The highest BCUT2D eigenvalue weighted by molar-refractivity contribution is 5.90. The Morgan fingerprint density at radius 1 is 1.19 bits per heavy atom. The van der Waals surface area contributed by atoms with Gasteiger partial charge < -0.3 is 25.8 Å². The first-order valence-corrected chi connectivity index (χ1v) is 10.9. The third kappa shape index (κ3) is 2.85. The quantitative estimate of drug-likeness (QED) is 0.425. The van der Waals surface area contributed by atoms with Crippen LogP contribution in [0.1, 0.15) is 65.5 Å². The molecule has 2 fully saturated rings. The summed E-state index contributed by atoms with van der Waals surface area (Å²) in [5.41, 5.74) is 1.83. The highest BCUT2D eigenvalue weighted by atomic mass is 16.6. The number of hydrogen-bond acceptors (Lipinski definition) is 9. The Kier molecular flexibility index (Phi) is 5.32. The summed E-state index contributed by atoms with van der Waals surface area (Å²) in [6.07, 6.45) is 4.09. The zero-order valence-corrected chi connectivity index (χ0v) is 18.2. The summed E-state index contributed by atoms with van der Waals surface area (Å²) in [5, 5.41) is 33.3. The number of nitrogens with two attached hydrogens (primary N) is 1. The Bertz CT molecular complexity index is 994. The number of anilines is 1. The number of nitrogen functional groups attached to an aromatic ring is 1. The summed E-state index contributed by atoms with van der Waals surface area (Å²) >= 11 is 0. The van der Waals surface area contributed by atoms with E-state index in [2.05, 4.69) is 21.9 Å². The molecule has 31 heavy (non-hydrogen) atoms. The van der Waals surface area contributed by atoms with Gasteiger partial charge in [-0.2, -0.15) is 0 Å². The molecule has 1 aliphatic heterocycles. The maximum atomic E-state index is 13.1. The van der Waals surface area contributed by atoms with Crippen LogP contribution in [0, 0.1) is 5.41 Å². The monoisotopic (exact) mass is 433 g/mol. The van der Waals surface area contributed by atoms with Crippen LogP contribution in [-0.4, -0.2) is 64.0 Å². The second kappa shape index (κ2) is 7.47. The topological polar surface area (TPSA) is 157 Å². The number of nitrogens with zero attached hydrogens (tertiary/aromatic N) is 4. The number of ketones is 1. The number of Topliss-reactive ketones (excluding diaryl/α,β-unsaturated/α-hetero) is 1. The minimum Gasteiger partial charge on any atom is -0.385 e. The minimum absolute atomic E-state index is 0.171. The van der Waals surface area contributed by atoms with Gasteiger partial charge in [-0.15, -0.1) is 0 Å². The van der Waals surface area contributed by atoms with Crippen LogP contribution in [0.2, 0.25) is 0 Å². The molecule has 5 N–H and O–H groups in total. The van der Waals surface area contributed by atoms with E-state index in [0.29, 0.717) is 24.0 Å². The molecule has 10 nitrogen and oxygen atoms in total. The number of fused-ring (bicyclic) bond motifs is 2. The highest BCUT2D eigenvalue weighted by Crippen LogP contribution is 2.75. The van der Waals surface area contributed by atoms with Crippen molar-refractivity contribution >= 4 is 22.8 Å². The molecule has 2 aromatic heterocycles. The molecule has 3 heterocycles. The van der Waals surface area contributed by atoms with Gasteiger partial charge in [0, 0.05) is 5.41 Å². The average molecular weight is 434 g/mol. The van der Waals surface area contributed by atoms with E-state index in [1.165, 1.54) is 17.2 Å². The van der Waals surface area contributed by atoms with Crippen LogP contribution in [0.4, 0.5) is 5.82 Å². The van der Waals surface area contributed by atoms with E-state index in [9.17, 15) is 20.1 Å². The molecular weight excluding hydrogens is 402 g/mol. The Balaban J connectivity index is 1.59. The van der Waals surface area contributed by atoms with Crippen LogP contribution in [0.25, 0.3) is 11.2 Å². The van der Waals surface area contributed by atoms with Crippen LogP contribution in [0.5, 0.6) is 0 Å². The maximum Gasteiger partial charge on any atom is 0.193 e. The summed E-state index contributed by atoms with van der Waals surface area (Å²) in [6, 6.07) is 0. The maximum absolute atomic E-state index is 13.1. The van der Waals surface area contributed by atoms with Crippen LogP contribution in [0.3, 0.4) is 0 Å². The molecule has 0 bridgehead atoms. The lowest BCUT2D eigenvalue weighted by atomic mass is 9.94. The van der Waals surface area contributed by atoms with Gasteiger partial charge in [0.2, 0.25) is 0 Å². The molecule has 4 rings (SSSR count). The third-order valence-electron chi connectivity index (χ3n) is 7.23. The number of unbranched alkanes of at least 4 members (excludes halogenated alkanes) is 4. The lowest BCUT2D eigenvalue weighted by Gasteiger charge is -2.28. The SMILES string of the molecule is CCCCCCCC(O)C(=O)[C@H]1O[C@@H](n2cnc3c(N)ncnc32)[C@@]2(O)C(C)(C)[C@@]12O. The molecule has 0 radical (unpaired) electrons. The van der Waals surface area contributed by atoms with Crippen molar-refractivity contribution in [2.24, 2.45) is 5.41 Å². The molecule has 1 aliphatic carbocycles. The van der Waals surface area contributed by atoms with E-state index in [4.69, 9.17) is 10.5 Å². The standard InChI is InChI=1S/C21H31N5O5/c1-4-5-6-7-8-9-12(27)14(28)15-20(29)19(2,3)21(20,30)18(31-15)26-11-25-13-16(22)23-10-24-17(13)26/h10-12,15,18,27,29-30H,4-9H2,1-3H3,(H2,22,23,24)/t12?,15-,18-,20+,21-/m1/s1. The fourth-order valence-electron chi connectivity index (χ4n) is 5.09. The van der Waals surface area contributed by atoms with Crippen molar-refractivity contribution in [2.45, 2.75) is 88.9 Å². The van der Waals surface area contributed by atoms with Gasteiger partial charge in [-0.05, 0) is 6.42 Å². The molecule has 2 aliphatic rings. The highest BCUT2D eigenvalue weighted by Gasteiger charge is 2.93. The lowest BCUT2D eigenvalue weighted by molar-refractivity contribution is -0.157. The van der Waals surface area contributed by atoms with E-state index >= 15 is 0 Å². The molecule has 170 valence electrons. The largest absolute Gasteiger partial charge is 0.385 e. The summed E-state index contributed by atoms with van der Waals surface area (Å²) in [5.74, 6) is -0.451. The molecule has 1 saturated carbocycles. The number of aromatic nitrogens is 4. The lowest BCUT2D eigenvalue weighted by Crippen LogP contribution is -2.44. The zero-order chi connectivity index (χ0) is 22.6. The number of aliphatic hydroxyl groups excluding tert-OH is 1. The van der Waals surface area contributed by atoms with Gasteiger partial charge in [0.1, 0.15) is 29.2 Å². The molecule has 1 saturated heterocycles.